The molecule has 0 fully saturated rings. The summed E-state index contributed by atoms with van der Waals surface area (Å²) in [6.07, 6.45) is 4.20. The molecular weight excluding hydrogens is 306 g/mol. The highest BCUT2D eigenvalue weighted by atomic mass is 79.9. The molecule has 0 amide bonds. The van der Waals surface area contributed by atoms with Crippen molar-refractivity contribution in [1.82, 2.24) is 0 Å². The van der Waals surface area contributed by atoms with Crippen LogP contribution < -0.4 is 14.8 Å². The molecule has 0 bridgehead atoms. The normalized spacial score (nSPS) is 10.3. The zero-order valence-corrected chi connectivity index (χ0v) is 13.3. The summed E-state index contributed by atoms with van der Waals surface area (Å²) in [4.78, 5) is 0. The Kier molecular flexibility index (Phi) is 7.60. The molecule has 0 radical (unpaired) electrons. The standard InChI is InChI=1S/C15H22BrNO2/c1-4-6-7-17-11-12-9-13(16)15(19-8-5-2)14(10-12)18-3/h5,9-10,17H,2,4,6-8,11H2,1,3H3/p+1. The van der Waals surface area contributed by atoms with Crippen LogP contribution in [0.4, 0.5) is 0 Å². The molecule has 4 heteroatoms. The highest BCUT2D eigenvalue weighted by Crippen LogP contribution is 2.36. The van der Waals surface area contributed by atoms with E-state index in [9.17, 15) is 0 Å². The molecule has 1 aromatic carbocycles. The second-order valence-corrected chi connectivity index (χ2v) is 5.20. The second kappa shape index (κ2) is 8.99. The van der Waals surface area contributed by atoms with E-state index in [0.29, 0.717) is 6.61 Å². The fourth-order valence-electron chi connectivity index (χ4n) is 1.79. The van der Waals surface area contributed by atoms with Crippen molar-refractivity contribution < 1.29 is 14.8 Å². The molecule has 0 aliphatic carbocycles. The Morgan fingerprint density at radius 1 is 1.42 bits per heavy atom. The lowest BCUT2D eigenvalue weighted by Gasteiger charge is -2.13. The summed E-state index contributed by atoms with van der Waals surface area (Å²) in [5, 5.41) is 2.31. The van der Waals surface area contributed by atoms with Gasteiger partial charge in [-0.2, -0.15) is 0 Å². The first-order valence-electron chi connectivity index (χ1n) is 6.64. The molecule has 0 spiro atoms. The van der Waals surface area contributed by atoms with Crippen molar-refractivity contribution in [2.45, 2.75) is 26.3 Å². The minimum absolute atomic E-state index is 0.469. The quantitative estimate of drug-likeness (QED) is 0.558. The van der Waals surface area contributed by atoms with Gasteiger partial charge in [-0.3, -0.25) is 0 Å². The van der Waals surface area contributed by atoms with Gasteiger partial charge in [0.15, 0.2) is 11.5 Å². The van der Waals surface area contributed by atoms with E-state index < -0.39 is 0 Å². The number of unbranched alkanes of at least 4 members (excludes halogenated alkanes) is 1. The summed E-state index contributed by atoms with van der Waals surface area (Å²) in [5.41, 5.74) is 1.23. The van der Waals surface area contributed by atoms with E-state index >= 15 is 0 Å². The minimum atomic E-state index is 0.469. The predicted octanol–water partition coefficient (Wildman–Crippen LogP) is 2.89. The molecule has 1 aromatic rings. The molecule has 0 aliphatic heterocycles. The van der Waals surface area contributed by atoms with E-state index in [2.05, 4.69) is 40.8 Å². The molecule has 3 nitrogen and oxygen atoms in total. The molecule has 0 unspecified atom stereocenters. The Hall–Kier alpha value is -1.00. The topological polar surface area (TPSA) is 35.1 Å². The maximum atomic E-state index is 5.61. The molecule has 0 saturated heterocycles. The zero-order chi connectivity index (χ0) is 14.1. The maximum Gasteiger partial charge on any atom is 0.175 e. The molecule has 19 heavy (non-hydrogen) atoms. The van der Waals surface area contributed by atoms with Gasteiger partial charge in [-0.15, -0.1) is 0 Å². The van der Waals surface area contributed by atoms with Crippen LogP contribution in [0.5, 0.6) is 11.5 Å². The highest BCUT2D eigenvalue weighted by Gasteiger charge is 2.11. The Balaban J connectivity index is 2.74. The number of hydrogen-bond acceptors (Lipinski definition) is 2. The van der Waals surface area contributed by atoms with Crippen LogP contribution in [-0.4, -0.2) is 20.3 Å². The molecule has 2 N–H and O–H groups in total. The lowest BCUT2D eigenvalue weighted by Crippen LogP contribution is -2.82. The van der Waals surface area contributed by atoms with E-state index in [0.717, 1.165) is 29.1 Å². The summed E-state index contributed by atoms with van der Waals surface area (Å²) in [6.45, 7) is 8.44. The van der Waals surface area contributed by atoms with E-state index in [-0.39, 0.29) is 0 Å². The van der Waals surface area contributed by atoms with Gasteiger partial charge in [-0.25, -0.2) is 0 Å². The Bertz CT molecular complexity index is 407. The molecule has 1 rings (SSSR count). The fourth-order valence-corrected chi connectivity index (χ4v) is 2.39. The zero-order valence-electron chi connectivity index (χ0n) is 11.7. The summed E-state index contributed by atoms with van der Waals surface area (Å²) in [6, 6.07) is 4.12. The smallest absolute Gasteiger partial charge is 0.175 e. The van der Waals surface area contributed by atoms with Crippen LogP contribution in [0.1, 0.15) is 25.3 Å². The van der Waals surface area contributed by atoms with Gasteiger partial charge >= 0.3 is 0 Å². The van der Waals surface area contributed by atoms with Gasteiger partial charge in [0.25, 0.3) is 0 Å². The first-order valence-corrected chi connectivity index (χ1v) is 7.44. The molecule has 0 aromatic heterocycles. The van der Waals surface area contributed by atoms with Crippen LogP contribution in [0.15, 0.2) is 29.3 Å². The molecule has 0 atom stereocenters. The third-order valence-corrected chi connectivity index (χ3v) is 3.37. The number of ether oxygens (including phenoxy) is 2. The number of halogens is 1. The van der Waals surface area contributed by atoms with Crippen molar-refractivity contribution in [3.63, 3.8) is 0 Å². The lowest BCUT2D eigenvalue weighted by molar-refractivity contribution is -0.670. The van der Waals surface area contributed by atoms with Crippen molar-refractivity contribution in [2.24, 2.45) is 0 Å². The van der Waals surface area contributed by atoms with Gasteiger partial charge in [0.2, 0.25) is 0 Å². The average Bonchev–Trinajstić information content (AvgIpc) is 2.42. The van der Waals surface area contributed by atoms with Crippen molar-refractivity contribution in [2.75, 3.05) is 20.3 Å². The van der Waals surface area contributed by atoms with E-state index in [1.165, 1.54) is 18.4 Å². The van der Waals surface area contributed by atoms with E-state index in [1.807, 2.05) is 6.07 Å². The van der Waals surface area contributed by atoms with Crippen molar-refractivity contribution in [3.05, 3.63) is 34.8 Å². The molecule has 0 aliphatic rings. The van der Waals surface area contributed by atoms with Gasteiger partial charge < -0.3 is 14.8 Å². The third kappa shape index (κ3) is 5.25. The molecule has 0 heterocycles. The molecule has 106 valence electrons. The number of quaternary nitrogens is 1. The van der Waals surface area contributed by atoms with E-state index in [4.69, 9.17) is 9.47 Å². The summed E-state index contributed by atoms with van der Waals surface area (Å²) in [5.74, 6) is 1.50. The largest absolute Gasteiger partial charge is 0.493 e. The molecule has 0 saturated carbocycles. The van der Waals surface area contributed by atoms with Crippen LogP contribution in [0.3, 0.4) is 0 Å². The van der Waals surface area contributed by atoms with Crippen LogP contribution >= 0.6 is 15.9 Å². The Morgan fingerprint density at radius 3 is 2.84 bits per heavy atom. The van der Waals surface area contributed by atoms with Crippen LogP contribution in [-0.2, 0) is 6.54 Å². The lowest BCUT2D eigenvalue weighted by atomic mass is 10.2. The van der Waals surface area contributed by atoms with Crippen LogP contribution in [0.2, 0.25) is 0 Å². The monoisotopic (exact) mass is 328 g/mol. The van der Waals surface area contributed by atoms with Gasteiger partial charge in [0, 0.05) is 5.56 Å². The number of rotatable bonds is 9. The minimum Gasteiger partial charge on any atom is -0.493 e. The average molecular weight is 329 g/mol. The van der Waals surface area contributed by atoms with Gasteiger partial charge in [0.1, 0.15) is 13.2 Å². The summed E-state index contributed by atoms with van der Waals surface area (Å²) < 4.78 is 11.9. The first-order chi connectivity index (χ1) is 9.22. The van der Waals surface area contributed by atoms with Crippen molar-refractivity contribution in [3.8, 4) is 11.5 Å². The molecular formula is C15H23BrNO2+. The van der Waals surface area contributed by atoms with E-state index in [1.54, 1.807) is 13.2 Å². The third-order valence-electron chi connectivity index (χ3n) is 2.78. The highest BCUT2D eigenvalue weighted by molar-refractivity contribution is 9.10. The number of hydrogen-bond donors (Lipinski definition) is 1. The summed E-state index contributed by atoms with van der Waals surface area (Å²) >= 11 is 3.54. The summed E-state index contributed by atoms with van der Waals surface area (Å²) in [7, 11) is 1.66. The number of nitrogens with two attached hydrogens (primary N) is 1. The fraction of sp³-hybridized carbons (Fsp3) is 0.467. The van der Waals surface area contributed by atoms with Gasteiger partial charge in [-0.05, 0) is 34.5 Å². The number of benzene rings is 1. The maximum absolute atomic E-state index is 5.61. The Labute approximate surface area is 124 Å². The van der Waals surface area contributed by atoms with Crippen LogP contribution in [0.25, 0.3) is 0 Å². The van der Waals surface area contributed by atoms with Crippen molar-refractivity contribution >= 4 is 15.9 Å². The predicted molar refractivity (Wildman–Crippen MR) is 81.8 cm³/mol. The van der Waals surface area contributed by atoms with Crippen LogP contribution in [0, 0.1) is 0 Å². The van der Waals surface area contributed by atoms with Crippen molar-refractivity contribution in [1.29, 1.82) is 0 Å². The van der Waals surface area contributed by atoms with Gasteiger partial charge in [0.05, 0.1) is 18.1 Å². The Morgan fingerprint density at radius 2 is 2.21 bits per heavy atom. The SMILES string of the molecule is C=CCOc1c(Br)cc(C[NH2+]CCCC)cc1OC. The van der Waals surface area contributed by atoms with Gasteiger partial charge in [-0.1, -0.05) is 26.0 Å². The first kappa shape index (κ1) is 16.1. The second-order valence-electron chi connectivity index (χ2n) is 4.34. The number of methoxy groups -OCH3 is 1.